The van der Waals surface area contributed by atoms with Gasteiger partial charge in [0.1, 0.15) is 11.5 Å². The number of carbonyl (C=O) groups is 2. The van der Waals surface area contributed by atoms with Crippen LogP contribution in [0.1, 0.15) is 19.8 Å². The van der Waals surface area contributed by atoms with Gasteiger partial charge in [0.05, 0.1) is 6.54 Å². The fourth-order valence-electron chi connectivity index (χ4n) is 2.78. The number of ether oxygens (including phenoxy) is 1. The molecule has 0 unspecified atom stereocenters. The summed E-state index contributed by atoms with van der Waals surface area (Å²) in [5, 5.41) is 8.73. The highest BCUT2D eigenvalue weighted by Crippen LogP contribution is 2.22. The lowest BCUT2D eigenvalue weighted by Gasteiger charge is -2.10. The van der Waals surface area contributed by atoms with E-state index in [1.807, 2.05) is 61.5 Å². The van der Waals surface area contributed by atoms with E-state index in [1.165, 1.54) is 0 Å². The molecule has 0 aliphatic rings. The van der Waals surface area contributed by atoms with Crippen molar-refractivity contribution in [1.29, 1.82) is 0 Å². The Balaban J connectivity index is 1.48. The van der Waals surface area contributed by atoms with Crippen molar-refractivity contribution >= 4 is 28.9 Å². The Morgan fingerprint density at radius 1 is 0.733 bits per heavy atom. The van der Waals surface area contributed by atoms with Crippen molar-refractivity contribution in [1.82, 2.24) is 0 Å². The van der Waals surface area contributed by atoms with Crippen LogP contribution in [0.15, 0.2) is 78.9 Å². The van der Waals surface area contributed by atoms with E-state index in [0.717, 1.165) is 23.6 Å². The van der Waals surface area contributed by atoms with Gasteiger partial charge in [0.15, 0.2) is 0 Å². The molecule has 3 N–H and O–H groups in total. The van der Waals surface area contributed by atoms with E-state index < -0.39 is 0 Å². The summed E-state index contributed by atoms with van der Waals surface area (Å²) >= 11 is 0. The summed E-state index contributed by atoms with van der Waals surface area (Å²) in [5.74, 6) is 1.27. The maximum atomic E-state index is 12.2. The highest BCUT2D eigenvalue weighted by molar-refractivity contribution is 5.95. The van der Waals surface area contributed by atoms with Crippen molar-refractivity contribution in [3.8, 4) is 11.5 Å². The van der Waals surface area contributed by atoms with Gasteiger partial charge in [0.25, 0.3) is 0 Å². The highest BCUT2D eigenvalue weighted by Gasteiger charge is 2.05. The lowest BCUT2D eigenvalue weighted by Crippen LogP contribution is -2.21. The second kappa shape index (κ2) is 10.7. The van der Waals surface area contributed by atoms with Gasteiger partial charge in [-0.05, 0) is 61.0 Å². The van der Waals surface area contributed by atoms with Crippen molar-refractivity contribution in [2.75, 3.05) is 22.5 Å². The third-order valence-corrected chi connectivity index (χ3v) is 4.19. The van der Waals surface area contributed by atoms with Crippen molar-refractivity contribution in [3.63, 3.8) is 0 Å². The van der Waals surface area contributed by atoms with Crippen LogP contribution in [-0.4, -0.2) is 18.4 Å². The van der Waals surface area contributed by atoms with Crippen LogP contribution in [0.2, 0.25) is 0 Å². The van der Waals surface area contributed by atoms with Crippen LogP contribution in [0.25, 0.3) is 0 Å². The van der Waals surface area contributed by atoms with Crippen molar-refractivity contribution in [2.45, 2.75) is 19.8 Å². The van der Waals surface area contributed by atoms with Gasteiger partial charge in [-0.1, -0.05) is 31.2 Å². The van der Waals surface area contributed by atoms with Crippen molar-refractivity contribution < 1.29 is 14.3 Å². The Morgan fingerprint density at radius 3 is 2.03 bits per heavy atom. The monoisotopic (exact) mass is 403 g/mol. The van der Waals surface area contributed by atoms with Crippen LogP contribution < -0.4 is 20.7 Å². The van der Waals surface area contributed by atoms with Crippen molar-refractivity contribution in [2.24, 2.45) is 0 Å². The minimum absolute atomic E-state index is 0.0395. The number of anilines is 3. The maximum absolute atomic E-state index is 12.2. The molecule has 0 radical (unpaired) electrons. The molecule has 3 aromatic rings. The number of para-hydroxylation sites is 1. The van der Waals surface area contributed by atoms with E-state index in [1.54, 1.807) is 24.3 Å². The third-order valence-electron chi connectivity index (χ3n) is 4.19. The molecule has 6 heteroatoms. The minimum atomic E-state index is -0.184. The Morgan fingerprint density at radius 2 is 1.37 bits per heavy atom. The Hall–Kier alpha value is -3.80. The molecule has 0 aliphatic carbocycles. The molecule has 0 saturated heterocycles. The van der Waals surface area contributed by atoms with Crippen LogP contribution in [0, 0.1) is 0 Å². The molecular weight excluding hydrogens is 378 g/mol. The summed E-state index contributed by atoms with van der Waals surface area (Å²) < 4.78 is 5.75. The van der Waals surface area contributed by atoms with Gasteiger partial charge in [-0.15, -0.1) is 0 Å². The third kappa shape index (κ3) is 6.67. The van der Waals surface area contributed by atoms with Crippen LogP contribution in [-0.2, 0) is 9.59 Å². The smallest absolute Gasteiger partial charge is 0.243 e. The molecule has 30 heavy (non-hydrogen) atoms. The summed E-state index contributed by atoms with van der Waals surface area (Å²) in [7, 11) is 0. The topological polar surface area (TPSA) is 79.5 Å². The first-order chi connectivity index (χ1) is 14.6. The second-order valence-electron chi connectivity index (χ2n) is 6.72. The molecule has 0 spiro atoms. The predicted molar refractivity (Wildman–Crippen MR) is 120 cm³/mol. The molecule has 0 heterocycles. The first kappa shape index (κ1) is 20.9. The normalized spacial score (nSPS) is 10.2. The zero-order chi connectivity index (χ0) is 21.2. The average Bonchev–Trinajstić information content (AvgIpc) is 2.74. The second-order valence-corrected chi connectivity index (χ2v) is 6.72. The number of amides is 2. The molecule has 2 amide bonds. The number of nitrogens with one attached hydrogen (secondary N) is 3. The van der Waals surface area contributed by atoms with E-state index in [0.29, 0.717) is 17.8 Å². The number of hydrogen-bond acceptors (Lipinski definition) is 4. The zero-order valence-electron chi connectivity index (χ0n) is 16.9. The Bertz CT molecular complexity index is 973. The predicted octanol–water partition coefficient (Wildman–Crippen LogP) is 5.27. The number of hydrogen-bond donors (Lipinski definition) is 3. The molecule has 0 aliphatic heterocycles. The van der Waals surface area contributed by atoms with E-state index in [4.69, 9.17) is 4.74 Å². The van der Waals surface area contributed by atoms with Gasteiger partial charge >= 0.3 is 0 Å². The molecule has 0 saturated carbocycles. The number of rotatable bonds is 9. The molecule has 0 atom stereocenters. The van der Waals surface area contributed by atoms with Crippen LogP contribution in [0.4, 0.5) is 17.1 Å². The fourth-order valence-corrected chi connectivity index (χ4v) is 2.78. The molecule has 0 bridgehead atoms. The quantitative estimate of drug-likeness (QED) is 0.455. The van der Waals surface area contributed by atoms with Gasteiger partial charge in [0.2, 0.25) is 11.8 Å². The minimum Gasteiger partial charge on any atom is -0.457 e. The van der Waals surface area contributed by atoms with Gasteiger partial charge in [-0.25, -0.2) is 0 Å². The molecule has 0 fully saturated rings. The number of benzene rings is 3. The molecule has 6 nitrogen and oxygen atoms in total. The van der Waals surface area contributed by atoms with Crippen LogP contribution >= 0.6 is 0 Å². The average molecular weight is 403 g/mol. The standard InChI is InChI=1S/C24H25N3O3/c1-2-7-23(28)26-19-8-6-9-20(16-19)27-24(29)17-25-18-12-14-22(15-13-18)30-21-10-4-3-5-11-21/h3-6,8-16,25H,2,7,17H2,1H3,(H,26,28)(H,27,29). The first-order valence-corrected chi connectivity index (χ1v) is 9.89. The lowest BCUT2D eigenvalue weighted by atomic mass is 10.2. The lowest BCUT2D eigenvalue weighted by molar-refractivity contribution is -0.116. The summed E-state index contributed by atoms with van der Waals surface area (Å²) in [5.41, 5.74) is 2.10. The SMILES string of the molecule is CCCC(=O)Nc1cccc(NC(=O)CNc2ccc(Oc3ccccc3)cc2)c1. The Labute approximate surface area is 176 Å². The van der Waals surface area contributed by atoms with E-state index >= 15 is 0 Å². The van der Waals surface area contributed by atoms with Gasteiger partial charge < -0.3 is 20.7 Å². The van der Waals surface area contributed by atoms with Gasteiger partial charge in [-0.2, -0.15) is 0 Å². The first-order valence-electron chi connectivity index (χ1n) is 9.89. The van der Waals surface area contributed by atoms with Crippen LogP contribution in [0.3, 0.4) is 0 Å². The van der Waals surface area contributed by atoms with Gasteiger partial charge in [0, 0.05) is 23.5 Å². The Kier molecular flexibility index (Phi) is 7.44. The van der Waals surface area contributed by atoms with Crippen molar-refractivity contribution in [3.05, 3.63) is 78.9 Å². The highest BCUT2D eigenvalue weighted by atomic mass is 16.5. The number of carbonyl (C=O) groups excluding carboxylic acids is 2. The maximum Gasteiger partial charge on any atom is 0.243 e. The molecule has 0 aromatic heterocycles. The van der Waals surface area contributed by atoms with E-state index in [2.05, 4.69) is 16.0 Å². The summed E-state index contributed by atoms with van der Waals surface area (Å²) in [6.07, 6.45) is 1.25. The zero-order valence-corrected chi connectivity index (χ0v) is 16.9. The molecular formula is C24H25N3O3. The molecule has 3 rings (SSSR count). The summed E-state index contributed by atoms with van der Waals surface area (Å²) in [6, 6.07) is 24.0. The van der Waals surface area contributed by atoms with Crippen LogP contribution in [0.5, 0.6) is 11.5 Å². The molecule has 3 aromatic carbocycles. The largest absolute Gasteiger partial charge is 0.457 e. The van der Waals surface area contributed by atoms with Gasteiger partial charge in [-0.3, -0.25) is 9.59 Å². The summed E-state index contributed by atoms with van der Waals surface area (Å²) in [4.78, 5) is 24.0. The molecule has 154 valence electrons. The fraction of sp³-hybridized carbons (Fsp3) is 0.167. The van der Waals surface area contributed by atoms with E-state index in [9.17, 15) is 9.59 Å². The summed E-state index contributed by atoms with van der Waals surface area (Å²) in [6.45, 7) is 2.07. The van der Waals surface area contributed by atoms with E-state index in [-0.39, 0.29) is 18.4 Å².